The van der Waals surface area contributed by atoms with Crippen molar-refractivity contribution >= 4 is 40.7 Å². The van der Waals surface area contributed by atoms with E-state index < -0.39 is 10.0 Å². The molecule has 0 bridgehead atoms. The van der Waals surface area contributed by atoms with Gasteiger partial charge >= 0.3 is 0 Å². The molecule has 26 heavy (non-hydrogen) atoms. The van der Waals surface area contributed by atoms with E-state index >= 15 is 0 Å². The lowest BCUT2D eigenvalue weighted by atomic mass is 10.2. The lowest BCUT2D eigenvalue weighted by Gasteiger charge is -2.32. The molecule has 0 unspecified atom stereocenters. The summed E-state index contributed by atoms with van der Waals surface area (Å²) in [6, 6.07) is 6.84. The first-order valence-corrected chi connectivity index (χ1v) is 9.62. The van der Waals surface area contributed by atoms with E-state index in [1.807, 2.05) is 7.05 Å². The number of nitrogens with one attached hydrogen (secondary N) is 1. The van der Waals surface area contributed by atoms with E-state index in [9.17, 15) is 13.2 Å². The molecule has 7 nitrogen and oxygen atoms in total. The van der Waals surface area contributed by atoms with Gasteiger partial charge in [-0.15, -0.1) is 24.8 Å². The van der Waals surface area contributed by atoms with E-state index in [0.717, 1.165) is 13.1 Å². The van der Waals surface area contributed by atoms with Crippen molar-refractivity contribution in [3.63, 3.8) is 0 Å². The molecule has 1 saturated heterocycles. The van der Waals surface area contributed by atoms with Crippen molar-refractivity contribution in [1.29, 1.82) is 0 Å². The molecule has 1 aromatic carbocycles. The molecule has 0 saturated carbocycles. The average molecular weight is 427 g/mol. The van der Waals surface area contributed by atoms with E-state index in [4.69, 9.17) is 5.73 Å². The summed E-state index contributed by atoms with van der Waals surface area (Å²) in [5.74, 6) is -0.118. The Bertz CT molecular complexity index is 665. The number of benzene rings is 1. The Morgan fingerprint density at radius 3 is 2.38 bits per heavy atom. The standard InChI is InChI=1S/C16H26N4O3S.2ClH/c1-19-9-11-20(12-10-19)24(22,23)15-6-3-2-5-14(15)13-18-16(21)7-4-8-17;;/h2-3,5-6H,4,7-13,17H2,1H3,(H,18,21);2*1H. The number of hydrogen-bond donors (Lipinski definition) is 2. The molecule has 0 spiro atoms. The maximum Gasteiger partial charge on any atom is 0.243 e. The van der Waals surface area contributed by atoms with Crippen molar-refractivity contribution in [2.45, 2.75) is 24.3 Å². The fourth-order valence-electron chi connectivity index (χ4n) is 2.61. The number of amides is 1. The molecule has 2 rings (SSSR count). The quantitative estimate of drug-likeness (QED) is 0.672. The van der Waals surface area contributed by atoms with E-state index in [1.54, 1.807) is 24.3 Å². The zero-order valence-electron chi connectivity index (χ0n) is 14.9. The Balaban J connectivity index is 0.00000312. The van der Waals surface area contributed by atoms with Gasteiger partial charge in [0.25, 0.3) is 0 Å². The number of nitrogens with zero attached hydrogens (tertiary/aromatic N) is 2. The first kappa shape index (κ1) is 25.1. The molecule has 1 aliphatic heterocycles. The van der Waals surface area contributed by atoms with Gasteiger partial charge < -0.3 is 16.0 Å². The molecule has 3 N–H and O–H groups in total. The van der Waals surface area contributed by atoms with Gasteiger partial charge in [0.2, 0.25) is 15.9 Å². The summed E-state index contributed by atoms with van der Waals surface area (Å²) in [6.45, 7) is 3.06. The Kier molecular flexibility index (Phi) is 11.3. The number of carbonyl (C=O) groups excluding carboxylic acids is 1. The minimum absolute atomic E-state index is 0. The van der Waals surface area contributed by atoms with Crippen molar-refractivity contribution in [2.24, 2.45) is 5.73 Å². The minimum atomic E-state index is -3.55. The number of nitrogens with two attached hydrogens (primary N) is 1. The number of hydrogen-bond acceptors (Lipinski definition) is 5. The van der Waals surface area contributed by atoms with Crippen LogP contribution < -0.4 is 11.1 Å². The lowest BCUT2D eigenvalue weighted by molar-refractivity contribution is -0.121. The van der Waals surface area contributed by atoms with Crippen molar-refractivity contribution in [2.75, 3.05) is 39.8 Å². The Hall–Kier alpha value is -0.900. The van der Waals surface area contributed by atoms with Crippen LogP contribution in [0.2, 0.25) is 0 Å². The van der Waals surface area contributed by atoms with Crippen LogP contribution in [0.5, 0.6) is 0 Å². The normalized spacial score (nSPS) is 15.6. The molecule has 1 aromatic rings. The highest BCUT2D eigenvalue weighted by Crippen LogP contribution is 2.21. The zero-order valence-corrected chi connectivity index (χ0v) is 17.3. The number of sulfonamides is 1. The third-order valence-electron chi connectivity index (χ3n) is 4.14. The Morgan fingerprint density at radius 2 is 1.77 bits per heavy atom. The SMILES string of the molecule is CN1CCN(S(=O)(=O)c2ccccc2CNC(=O)CCCN)CC1.Cl.Cl. The van der Waals surface area contributed by atoms with Gasteiger partial charge in [0.1, 0.15) is 0 Å². The minimum Gasteiger partial charge on any atom is -0.352 e. The Labute approximate surface area is 168 Å². The van der Waals surface area contributed by atoms with Gasteiger partial charge in [-0.25, -0.2) is 8.42 Å². The first-order valence-electron chi connectivity index (χ1n) is 8.18. The van der Waals surface area contributed by atoms with Crippen molar-refractivity contribution in [3.8, 4) is 0 Å². The highest BCUT2D eigenvalue weighted by molar-refractivity contribution is 7.89. The number of halogens is 2. The van der Waals surface area contributed by atoms with Crippen molar-refractivity contribution < 1.29 is 13.2 Å². The second-order valence-electron chi connectivity index (χ2n) is 5.98. The lowest BCUT2D eigenvalue weighted by Crippen LogP contribution is -2.47. The number of piperazine rings is 1. The smallest absolute Gasteiger partial charge is 0.243 e. The first-order chi connectivity index (χ1) is 11.4. The third-order valence-corrected chi connectivity index (χ3v) is 6.14. The molecule has 0 radical (unpaired) electrons. The summed E-state index contributed by atoms with van der Waals surface area (Å²) in [4.78, 5) is 14.1. The van der Waals surface area contributed by atoms with Crippen molar-refractivity contribution in [3.05, 3.63) is 29.8 Å². The van der Waals surface area contributed by atoms with Crippen LogP contribution in [-0.4, -0.2) is 63.3 Å². The van der Waals surface area contributed by atoms with E-state index in [2.05, 4.69) is 10.2 Å². The predicted octanol–water partition coefficient (Wildman–Crippen LogP) is 0.821. The highest BCUT2D eigenvalue weighted by atomic mass is 35.5. The van der Waals surface area contributed by atoms with Gasteiger partial charge in [-0.05, 0) is 31.6 Å². The van der Waals surface area contributed by atoms with Crippen molar-refractivity contribution in [1.82, 2.24) is 14.5 Å². The summed E-state index contributed by atoms with van der Waals surface area (Å²) >= 11 is 0. The molecule has 0 atom stereocenters. The molecule has 10 heteroatoms. The number of rotatable bonds is 7. The van der Waals surface area contributed by atoms with Crippen LogP contribution in [0, 0.1) is 0 Å². The van der Waals surface area contributed by atoms with Gasteiger partial charge in [0.05, 0.1) is 4.90 Å². The van der Waals surface area contributed by atoms with Gasteiger partial charge in [0, 0.05) is 39.1 Å². The van der Waals surface area contributed by atoms with Crippen LogP contribution in [-0.2, 0) is 21.4 Å². The predicted molar refractivity (Wildman–Crippen MR) is 107 cm³/mol. The molecular weight excluding hydrogens is 399 g/mol. The molecule has 0 aliphatic carbocycles. The average Bonchev–Trinajstić information content (AvgIpc) is 2.58. The monoisotopic (exact) mass is 426 g/mol. The second-order valence-corrected chi connectivity index (χ2v) is 7.89. The maximum atomic E-state index is 12.9. The fraction of sp³-hybridized carbons (Fsp3) is 0.562. The van der Waals surface area contributed by atoms with E-state index in [0.29, 0.717) is 38.0 Å². The largest absolute Gasteiger partial charge is 0.352 e. The molecule has 1 amide bonds. The summed E-state index contributed by atoms with van der Waals surface area (Å²) in [5, 5.41) is 2.77. The number of carbonyl (C=O) groups is 1. The number of likely N-dealkylation sites (N-methyl/N-ethyl adjacent to an activating group) is 1. The van der Waals surface area contributed by atoms with Crippen LogP contribution in [0.15, 0.2) is 29.2 Å². The van der Waals surface area contributed by atoms with Crippen LogP contribution in [0.1, 0.15) is 18.4 Å². The van der Waals surface area contributed by atoms with Crippen LogP contribution in [0.4, 0.5) is 0 Å². The molecule has 150 valence electrons. The maximum absolute atomic E-state index is 12.9. The summed E-state index contributed by atoms with van der Waals surface area (Å²) in [6.07, 6.45) is 0.969. The van der Waals surface area contributed by atoms with Crippen LogP contribution in [0.3, 0.4) is 0 Å². The van der Waals surface area contributed by atoms with E-state index in [1.165, 1.54) is 4.31 Å². The fourth-order valence-corrected chi connectivity index (χ4v) is 4.26. The van der Waals surface area contributed by atoms with Gasteiger partial charge in [0.15, 0.2) is 0 Å². The second kappa shape index (κ2) is 11.7. The van der Waals surface area contributed by atoms with E-state index in [-0.39, 0.29) is 42.2 Å². The van der Waals surface area contributed by atoms with Crippen LogP contribution in [0.25, 0.3) is 0 Å². The Morgan fingerprint density at radius 1 is 1.15 bits per heavy atom. The summed E-state index contributed by atoms with van der Waals surface area (Å²) < 4.78 is 27.3. The molecule has 0 aromatic heterocycles. The van der Waals surface area contributed by atoms with Gasteiger partial charge in [-0.2, -0.15) is 4.31 Å². The topological polar surface area (TPSA) is 95.7 Å². The summed E-state index contributed by atoms with van der Waals surface area (Å²) in [5.41, 5.74) is 6.00. The molecule has 1 fully saturated rings. The molecular formula is C16H28Cl2N4O3S. The molecule has 1 aliphatic rings. The zero-order chi connectivity index (χ0) is 17.6. The van der Waals surface area contributed by atoms with Crippen LogP contribution >= 0.6 is 24.8 Å². The summed E-state index contributed by atoms with van der Waals surface area (Å²) in [7, 11) is -1.56. The van der Waals surface area contributed by atoms with Gasteiger partial charge in [-0.1, -0.05) is 18.2 Å². The van der Waals surface area contributed by atoms with Gasteiger partial charge in [-0.3, -0.25) is 4.79 Å². The highest BCUT2D eigenvalue weighted by Gasteiger charge is 2.29. The third kappa shape index (κ3) is 6.68. The molecule has 1 heterocycles.